The number of hydrogen-bond donors (Lipinski definition) is 1. The molecule has 1 N–H and O–H groups in total. The number of esters is 1. The lowest BCUT2D eigenvalue weighted by atomic mass is 10.1. The average molecular weight is 229 g/mol. The summed E-state index contributed by atoms with van der Waals surface area (Å²) in [7, 11) is 0. The molecule has 0 spiro atoms. The fourth-order valence-corrected chi connectivity index (χ4v) is 1.49. The molecule has 82 valence electrons. The number of halogens is 1. The molecule has 0 aliphatic carbocycles. The van der Waals surface area contributed by atoms with Gasteiger partial charge in [0.15, 0.2) is 0 Å². The summed E-state index contributed by atoms with van der Waals surface area (Å²) in [6, 6.07) is 6.88. The van der Waals surface area contributed by atoms with Crippen molar-refractivity contribution in [1.82, 2.24) is 0 Å². The lowest BCUT2D eigenvalue weighted by molar-refractivity contribution is -0.145. The minimum atomic E-state index is -0.905. The highest BCUT2D eigenvalue weighted by Crippen LogP contribution is 2.24. The molecule has 0 aliphatic heterocycles. The first kappa shape index (κ1) is 12.0. The lowest BCUT2D eigenvalue weighted by Crippen LogP contribution is -2.10. The van der Waals surface area contributed by atoms with Crippen LogP contribution in [0.5, 0.6) is 0 Å². The number of benzene rings is 1. The number of hydrogen-bond acceptors (Lipinski definition) is 3. The molecule has 4 heteroatoms. The third-order valence-electron chi connectivity index (χ3n) is 1.93. The fraction of sp³-hybridized carbons (Fsp3) is 0.364. The Kier molecular flexibility index (Phi) is 4.59. The first-order valence-corrected chi connectivity index (χ1v) is 5.11. The number of aliphatic hydroxyl groups is 1. The smallest absolute Gasteiger partial charge is 0.308 e. The number of aliphatic hydroxyl groups excluding tert-OH is 1. The van der Waals surface area contributed by atoms with Crippen LogP contribution >= 0.6 is 11.6 Å². The van der Waals surface area contributed by atoms with Crippen molar-refractivity contribution in [2.45, 2.75) is 19.4 Å². The topological polar surface area (TPSA) is 46.5 Å². The van der Waals surface area contributed by atoms with Gasteiger partial charge in [-0.2, -0.15) is 0 Å². The van der Waals surface area contributed by atoms with Gasteiger partial charge < -0.3 is 9.84 Å². The van der Waals surface area contributed by atoms with Crippen molar-refractivity contribution in [1.29, 1.82) is 0 Å². The zero-order chi connectivity index (χ0) is 11.3. The first-order valence-electron chi connectivity index (χ1n) is 4.73. The molecule has 1 aromatic rings. The summed E-state index contributed by atoms with van der Waals surface area (Å²) in [5.41, 5.74) is 0.548. The Labute approximate surface area is 93.6 Å². The molecule has 0 amide bonds. The van der Waals surface area contributed by atoms with Crippen LogP contribution in [0.2, 0.25) is 5.02 Å². The van der Waals surface area contributed by atoms with Crippen molar-refractivity contribution in [2.75, 3.05) is 6.61 Å². The zero-order valence-corrected chi connectivity index (χ0v) is 9.20. The normalized spacial score (nSPS) is 12.2. The quantitative estimate of drug-likeness (QED) is 0.805. The highest BCUT2D eigenvalue weighted by molar-refractivity contribution is 6.31. The van der Waals surface area contributed by atoms with E-state index in [1.165, 1.54) is 0 Å². The first-order chi connectivity index (χ1) is 7.15. The maximum Gasteiger partial charge on any atom is 0.308 e. The van der Waals surface area contributed by atoms with Crippen molar-refractivity contribution in [3.8, 4) is 0 Å². The van der Waals surface area contributed by atoms with Crippen molar-refractivity contribution in [3.63, 3.8) is 0 Å². The highest BCUT2D eigenvalue weighted by atomic mass is 35.5. The van der Waals surface area contributed by atoms with E-state index in [0.29, 0.717) is 17.2 Å². The molecule has 1 atom stereocenters. The molecule has 0 bridgehead atoms. The molecular formula is C11H13ClO3. The van der Waals surface area contributed by atoms with E-state index in [1.54, 1.807) is 31.2 Å². The van der Waals surface area contributed by atoms with Crippen LogP contribution in [0.25, 0.3) is 0 Å². The van der Waals surface area contributed by atoms with E-state index in [0.717, 1.165) is 0 Å². The van der Waals surface area contributed by atoms with Crippen LogP contribution in [-0.2, 0) is 9.53 Å². The van der Waals surface area contributed by atoms with Crippen LogP contribution < -0.4 is 0 Å². The molecular weight excluding hydrogens is 216 g/mol. The molecule has 3 nitrogen and oxygen atoms in total. The van der Waals surface area contributed by atoms with E-state index in [1.807, 2.05) is 0 Å². The van der Waals surface area contributed by atoms with Gasteiger partial charge in [0.1, 0.15) is 0 Å². The summed E-state index contributed by atoms with van der Waals surface area (Å²) in [6.45, 7) is 2.04. The van der Waals surface area contributed by atoms with E-state index >= 15 is 0 Å². The van der Waals surface area contributed by atoms with Crippen molar-refractivity contribution >= 4 is 17.6 Å². The van der Waals surface area contributed by atoms with E-state index in [9.17, 15) is 9.90 Å². The minimum Gasteiger partial charge on any atom is -0.466 e. The van der Waals surface area contributed by atoms with Gasteiger partial charge in [-0.3, -0.25) is 4.79 Å². The number of carbonyl (C=O) groups excluding carboxylic acids is 1. The van der Waals surface area contributed by atoms with Crippen LogP contribution in [0.1, 0.15) is 25.0 Å². The SMILES string of the molecule is CCOC(=O)C[C@H](O)c1ccccc1Cl. The van der Waals surface area contributed by atoms with Gasteiger partial charge in [0, 0.05) is 5.02 Å². The minimum absolute atomic E-state index is 0.0719. The second kappa shape index (κ2) is 5.73. The number of rotatable bonds is 4. The molecule has 0 radical (unpaired) electrons. The molecule has 1 rings (SSSR count). The molecule has 0 aromatic heterocycles. The largest absolute Gasteiger partial charge is 0.466 e. The highest BCUT2D eigenvalue weighted by Gasteiger charge is 2.15. The van der Waals surface area contributed by atoms with Gasteiger partial charge in [0.2, 0.25) is 0 Å². The van der Waals surface area contributed by atoms with Crippen molar-refractivity contribution in [3.05, 3.63) is 34.9 Å². The molecule has 0 aliphatic rings. The van der Waals surface area contributed by atoms with E-state index in [2.05, 4.69) is 0 Å². The van der Waals surface area contributed by atoms with Crippen molar-refractivity contribution in [2.24, 2.45) is 0 Å². The van der Waals surface area contributed by atoms with Crippen LogP contribution in [-0.4, -0.2) is 17.7 Å². The summed E-state index contributed by atoms with van der Waals surface area (Å²) < 4.78 is 4.73. The van der Waals surface area contributed by atoms with Gasteiger partial charge in [-0.25, -0.2) is 0 Å². The lowest BCUT2D eigenvalue weighted by Gasteiger charge is -2.11. The average Bonchev–Trinajstić information content (AvgIpc) is 2.18. The Morgan fingerprint density at radius 1 is 1.53 bits per heavy atom. The molecule has 0 heterocycles. The molecule has 0 saturated carbocycles. The summed E-state index contributed by atoms with van der Waals surface area (Å²) in [6.07, 6.45) is -0.977. The number of ether oxygens (including phenoxy) is 1. The predicted molar refractivity (Wildman–Crippen MR) is 57.7 cm³/mol. The van der Waals surface area contributed by atoms with Gasteiger partial charge in [0.25, 0.3) is 0 Å². The predicted octanol–water partition coefficient (Wildman–Crippen LogP) is 2.33. The Hall–Kier alpha value is -1.06. The third-order valence-corrected chi connectivity index (χ3v) is 2.27. The van der Waals surface area contributed by atoms with Gasteiger partial charge in [-0.1, -0.05) is 29.8 Å². The van der Waals surface area contributed by atoms with Crippen molar-refractivity contribution < 1.29 is 14.6 Å². The Balaban J connectivity index is 2.65. The van der Waals surface area contributed by atoms with Crippen LogP contribution in [0.15, 0.2) is 24.3 Å². The second-order valence-corrected chi connectivity index (χ2v) is 3.45. The van der Waals surface area contributed by atoms with E-state index in [4.69, 9.17) is 16.3 Å². The maximum absolute atomic E-state index is 11.1. The summed E-state index contributed by atoms with van der Waals surface area (Å²) in [4.78, 5) is 11.1. The summed E-state index contributed by atoms with van der Waals surface area (Å²) >= 11 is 5.87. The van der Waals surface area contributed by atoms with Gasteiger partial charge in [0.05, 0.1) is 19.1 Å². The van der Waals surface area contributed by atoms with E-state index in [-0.39, 0.29) is 6.42 Å². The van der Waals surface area contributed by atoms with Gasteiger partial charge in [-0.05, 0) is 18.6 Å². The third kappa shape index (κ3) is 3.53. The van der Waals surface area contributed by atoms with Crippen LogP contribution in [0.3, 0.4) is 0 Å². The van der Waals surface area contributed by atoms with Crippen LogP contribution in [0.4, 0.5) is 0 Å². The Morgan fingerprint density at radius 3 is 2.80 bits per heavy atom. The van der Waals surface area contributed by atoms with Gasteiger partial charge in [-0.15, -0.1) is 0 Å². The number of carbonyl (C=O) groups is 1. The summed E-state index contributed by atoms with van der Waals surface area (Å²) in [5, 5.41) is 10.2. The standard InChI is InChI=1S/C11H13ClO3/c1-2-15-11(14)7-10(13)8-5-3-4-6-9(8)12/h3-6,10,13H,2,7H2,1H3/t10-/m0/s1. The zero-order valence-electron chi connectivity index (χ0n) is 8.44. The fourth-order valence-electron chi connectivity index (χ4n) is 1.23. The molecule has 0 unspecified atom stereocenters. The summed E-state index contributed by atoms with van der Waals surface area (Å²) in [5.74, 6) is -0.426. The molecule has 15 heavy (non-hydrogen) atoms. The molecule has 0 fully saturated rings. The van der Waals surface area contributed by atoms with Gasteiger partial charge >= 0.3 is 5.97 Å². The maximum atomic E-state index is 11.1. The monoisotopic (exact) mass is 228 g/mol. The molecule has 0 saturated heterocycles. The second-order valence-electron chi connectivity index (χ2n) is 3.05. The van der Waals surface area contributed by atoms with Crippen LogP contribution in [0, 0.1) is 0 Å². The van der Waals surface area contributed by atoms with E-state index < -0.39 is 12.1 Å². The Morgan fingerprint density at radius 2 is 2.20 bits per heavy atom. The molecule has 1 aromatic carbocycles. The Bertz CT molecular complexity index is 338.